The summed E-state index contributed by atoms with van der Waals surface area (Å²) in [6.07, 6.45) is 4.98. The summed E-state index contributed by atoms with van der Waals surface area (Å²) in [6.45, 7) is 6.10. The first-order chi connectivity index (χ1) is 13.5. The van der Waals surface area contributed by atoms with E-state index < -0.39 is 0 Å². The van der Waals surface area contributed by atoms with Crippen molar-refractivity contribution in [2.45, 2.75) is 39.7 Å². The number of ether oxygens (including phenoxy) is 1. The molecule has 28 heavy (non-hydrogen) atoms. The summed E-state index contributed by atoms with van der Waals surface area (Å²) < 4.78 is 6.95. The first-order valence-corrected chi connectivity index (χ1v) is 9.54. The van der Waals surface area contributed by atoms with Crippen molar-refractivity contribution in [1.82, 2.24) is 24.8 Å². The number of anilines is 1. The zero-order valence-electron chi connectivity index (χ0n) is 16.3. The third kappa shape index (κ3) is 5.51. The van der Waals surface area contributed by atoms with Gasteiger partial charge in [-0.2, -0.15) is 4.98 Å². The summed E-state index contributed by atoms with van der Waals surface area (Å²) in [6, 6.07) is 3.24. The number of nitrogens with one attached hydrogen (secondary N) is 1. The summed E-state index contributed by atoms with van der Waals surface area (Å²) in [5.74, 6) is 1.77. The number of nitrogens with zero attached hydrogens (tertiary/aromatic N) is 5. The predicted molar refractivity (Wildman–Crippen MR) is 105 cm³/mol. The number of hydrogen-bond acceptors (Lipinski definition) is 7. The van der Waals surface area contributed by atoms with Gasteiger partial charge in [-0.05, 0) is 33.1 Å². The van der Waals surface area contributed by atoms with Crippen molar-refractivity contribution in [2.24, 2.45) is 0 Å². The van der Waals surface area contributed by atoms with Gasteiger partial charge in [0.15, 0.2) is 0 Å². The van der Waals surface area contributed by atoms with Gasteiger partial charge in [-0.25, -0.2) is 9.97 Å². The van der Waals surface area contributed by atoms with Gasteiger partial charge in [-0.3, -0.25) is 14.2 Å². The molecule has 2 aromatic rings. The van der Waals surface area contributed by atoms with Crippen LogP contribution in [0.5, 0.6) is 5.88 Å². The molecule has 1 aliphatic rings. The lowest BCUT2D eigenvalue weighted by molar-refractivity contribution is -0.121. The summed E-state index contributed by atoms with van der Waals surface area (Å²) in [5, 5.41) is 2.73. The van der Waals surface area contributed by atoms with Gasteiger partial charge in [0.05, 0.1) is 12.9 Å². The molecule has 0 radical (unpaired) electrons. The molecule has 0 unspecified atom stereocenters. The molecule has 0 aromatic carbocycles. The molecule has 0 bridgehead atoms. The third-order valence-corrected chi connectivity index (χ3v) is 4.49. The first-order valence-electron chi connectivity index (χ1n) is 9.54. The van der Waals surface area contributed by atoms with Crippen LogP contribution in [0, 0.1) is 13.8 Å². The van der Waals surface area contributed by atoms with Crippen LogP contribution in [0.15, 0.2) is 23.3 Å². The molecule has 3 rings (SSSR count). The van der Waals surface area contributed by atoms with Crippen LogP contribution in [-0.2, 0) is 11.3 Å². The zero-order chi connectivity index (χ0) is 19.9. The van der Waals surface area contributed by atoms with Crippen LogP contribution >= 0.6 is 0 Å². The summed E-state index contributed by atoms with van der Waals surface area (Å²) in [7, 11) is 0. The average molecular weight is 386 g/mol. The number of piperidine rings is 1. The maximum atomic E-state index is 12.0. The maximum Gasteiger partial charge on any atom is 0.253 e. The Balaban J connectivity index is 1.47. The number of aromatic nitrogens is 4. The molecule has 1 N–H and O–H groups in total. The van der Waals surface area contributed by atoms with E-state index in [2.05, 4.69) is 25.2 Å². The van der Waals surface area contributed by atoms with E-state index in [0.717, 1.165) is 18.9 Å². The van der Waals surface area contributed by atoms with Crippen LogP contribution in [0.4, 0.5) is 5.82 Å². The van der Waals surface area contributed by atoms with E-state index in [0.29, 0.717) is 23.9 Å². The molecule has 0 spiro atoms. The van der Waals surface area contributed by atoms with Crippen molar-refractivity contribution >= 4 is 11.7 Å². The van der Waals surface area contributed by atoms with Gasteiger partial charge in [-0.1, -0.05) is 0 Å². The average Bonchev–Trinajstić information content (AvgIpc) is 2.68. The molecular formula is C19H26N6O3. The van der Waals surface area contributed by atoms with E-state index in [-0.39, 0.29) is 24.6 Å². The number of aryl methyl sites for hydroxylation is 2. The number of carbonyl (C=O) groups is 1. The fourth-order valence-corrected chi connectivity index (χ4v) is 3.08. The smallest absolute Gasteiger partial charge is 0.253 e. The second-order valence-electron chi connectivity index (χ2n) is 6.85. The van der Waals surface area contributed by atoms with E-state index in [1.165, 1.54) is 36.2 Å². The summed E-state index contributed by atoms with van der Waals surface area (Å²) >= 11 is 0. The van der Waals surface area contributed by atoms with E-state index >= 15 is 0 Å². The SMILES string of the molecule is Cc1cc(=O)n(CC(=O)NCCOc2cc(N3CCCCC3)nc(C)n2)cn1. The van der Waals surface area contributed by atoms with E-state index in [1.807, 2.05) is 13.0 Å². The predicted octanol–water partition coefficient (Wildman–Crippen LogP) is 0.836. The fourth-order valence-electron chi connectivity index (χ4n) is 3.08. The largest absolute Gasteiger partial charge is 0.476 e. The second-order valence-corrected chi connectivity index (χ2v) is 6.85. The van der Waals surface area contributed by atoms with Gasteiger partial charge in [0, 0.05) is 30.9 Å². The second kappa shape index (κ2) is 9.29. The highest BCUT2D eigenvalue weighted by molar-refractivity contribution is 5.75. The minimum Gasteiger partial charge on any atom is -0.476 e. The molecule has 9 heteroatoms. The molecule has 1 saturated heterocycles. The van der Waals surface area contributed by atoms with Crippen LogP contribution in [0.3, 0.4) is 0 Å². The Bertz CT molecular complexity index is 876. The summed E-state index contributed by atoms with van der Waals surface area (Å²) in [5.41, 5.74) is 0.375. The third-order valence-electron chi connectivity index (χ3n) is 4.49. The normalized spacial score (nSPS) is 14.0. The quantitative estimate of drug-likeness (QED) is 0.703. The van der Waals surface area contributed by atoms with Crippen LogP contribution in [-0.4, -0.2) is 51.7 Å². The highest BCUT2D eigenvalue weighted by atomic mass is 16.5. The highest BCUT2D eigenvalue weighted by Gasteiger charge is 2.14. The molecule has 1 aliphatic heterocycles. The minimum absolute atomic E-state index is 0.0716. The lowest BCUT2D eigenvalue weighted by atomic mass is 10.1. The standard InChI is InChI=1S/C19H26N6O3/c1-14-10-19(27)25(13-21-14)12-17(26)20-6-9-28-18-11-16(22-15(2)23-18)24-7-4-3-5-8-24/h10-11,13H,3-9,12H2,1-2H3,(H,20,26). The Morgan fingerprint density at radius 1 is 1.18 bits per heavy atom. The number of rotatable bonds is 7. The lowest BCUT2D eigenvalue weighted by Gasteiger charge is -2.28. The Labute approximate surface area is 163 Å². The van der Waals surface area contributed by atoms with Gasteiger partial charge in [-0.15, -0.1) is 0 Å². The Morgan fingerprint density at radius 3 is 2.71 bits per heavy atom. The fraction of sp³-hybridized carbons (Fsp3) is 0.526. The van der Waals surface area contributed by atoms with Gasteiger partial charge < -0.3 is 15.0 Å². The maximum absolute atomic E-state index is 12.0. The Morgan fingerprint density at radius 2 is 1.96 bits per heavy atom. The number of amides is 1. The monoisotopic (exact) mass is 386 g/mol. The molecule has 9 nitrogen and oxygen atoms in total. The Hall–Kier alpha value is -2.97. The molecule has 0 atom stereocenters. The van der Waals surface area contributed by atoms with Crippen molar-refractivity contribution in [2.75, 3.05) is 31.1 Å². The Kier molecular flexibility index (Phi) is 6.57. The van der Waals surface area contributed by atoms with Crippen molar-refractivity contribution in [3.8, 4) is 5.88 Å². The van der Waals surface area contributed by atoms with Crippen molar-refractivity contribution in [3.05, 3.63) is 40.3 Å². The van der Waals surface area contributed by atoms with Crippen LogP contribution < -0.4 is 20.5 Å². The van der Waals surface area contributed by atoms with Gasteiger partial charge in [0.1, 0.15) is 24.8 Å². The molecule has 0 saturated carbocycles. The molecular weight excluding hydrogens is 360 g/mol. The molecule has 2 aromatic heterocycles. The van der Waals surface area contributed by atoms with Gasteiger partial charge in [0.25, 0.3) is 5.56 Å². The molecule has 1 fully saturated rings. The van der Waals surface area contributed by atoms with Crippen LogP contribution in [0.25, 0.3) is 0 Å². The van der Waals surface area contributed by atoms with Crippen LogP contribution in [0.1, 0.15) is 30.8 Å². The van der Waals surface area contributed by atoms with Crippen molar-refractivity contribution in [3.63, 3.8) is 0 Å². The van der Waals surface area contributed by atoms with Crippen LogP contribution in [0.2, 0.25) is 0 Å². The molecule has 1 amide bonds. The minimum atomic E-state index is -0.274. The molecule has 3 heterocycles. The first kappa shape index (κ1) is 19.8. The van der Waals surface area contributed by atoms with Crippen molar-refractivity contribution < 1.29 is 9.53 Å². The lowest BCUT2D eigenvalue weighted by Crippen LogP contribution is -2.34. The van der Waals surface area contributed by atoms with Gasteiger partial charge >= 0.3 is 0 Å². The highest BCUT2D eigenvalue weighted by Crippen LogP contribution is 2.21. The van der Waals surface area contributed by atoms with E-state index in [9.17, 15) is 9.59 Å². The number of hydrogen-bond donors (Lipinski definition) is 1. The van der Waals surface area contributed by atoms with E-state index in [1.54, 1.807) is 6.92 Å². The van der Waals surface area contributed by atoms with Crippen molar-refractivity contribution in [1.29, 1.82) is 0 Å². The van der Waals surface area contributed by atoms with Gasteiger partial charge in [0.2, 0.25) is 11.8 Å². The zero-order valence-corrected chi connectivity index (χ0v) is 16.3. The molecule has 0 aliphatic carbocycles. The number of carbonyl (C=O) groups excluding carboxylic acids is 1. The summed E-state index contributed by atoms with van der Waals surface area (Å²) in [4.78, 5) is 38.9. The topological polar surface area (TPSA) is 102 Å². The van der Waals surface area contributed by atoms with E-state index in [4.69, 9.17) is 4.74 Å². The molecule has 150 valence electrons.